The number of rotatable bonds is 8. The zero-order valence-electron chi connectivity index (χ0n) is 8.58. The van der Waals surface area contributed by atoms with E-state index in [1.165, 1.54) is 11.7 Å². The molecule has 0 radical (unpaired) electrons. The van der Waals surface area contributed by atoms with Gasteiger partial charge >= 0.3 is 87.1 Å². The molecule has 0 spiro atoms. The molecule has 0 saturated carbocycles. The zero-order valence-corrected chi connectivity index (χ0v) is 9.86. The Kier molecular flexibility index (Phi) is 8.60. The number of hydrogen-bond donors (Lipinski definition) is 1. The van der Waals surface area contributed by atoms with Crippen LogP contribution >= 0.6 is 0 Å². The van der Waals surface area contributed by atoms with E-state index in [1.54, 1.807) is 0 Å². The molecule has 1 unspecified atom stereocenters. The van der Waals surface area contributed by atoms with Gasteiger partial charge in [0, 0.05) is 0 Å². The van der Waals surface area contributed by atoms with Crippen molar-refractivity contribution in [3.8, 4) is 0 Å². The van der Waals surface area contributed by atoms with Crippen molar-refractivity contribution in [2.45, 2.75) is 50.1 Å². The summed E-state index contributed by atoms with van der Waals surface area (Å²) < 4.78 is 0. The van der Waals surface area contributed by atoms with Crippen molar-refractivity contribution >= 4 is 5.97 Å². The van der Waals surface area contributed by atoms with Gasteiger partial charge in [-0.25, -0.2) is 0 Å². The second-order valence-electron chi connectivity index (χ2n) is 3.33. The van der Waals surface area contributed by atoms with E-state index in [1.807, 2.05) is 0 Å². The summed E-state index contributed by atoms with van der Waals surface area (Å²) in [6.45, 7) is 4.31. The molecule has 0 bridgehead atoms. The quantitative estimate of drug-likeness (QED) is 0.643. The van der Waals surface area contributed by atoms with Crippen molar-refractivity contribution in [3.05, 3.63) is 0 Å². The summed E-state index contributed by atoms with van der Waals surface area (Å²) in [6.07, 6.45) is 3.81. The van der Waals surface area contributed by atoms with Crippen LogP contribution in [0.5, 0.6) is 0 Å². The molecule has 1 atom stereocenters. The molecule has 0 heterocycles. The molecule has 0 rings (SSSR count). The van der Waals surface area contributed by atoms with Crippen LogP contribution in [0.2, 0.25) is 10.6 Å². The maximum atomic E-state index is 10.5. The normalized spacial score (nSPS) is 12.8. The number of hydrogen-bond acceptors (Lipinski definition) is 1. The van der Waals surface area contributed by atoms with Gasteiger partial charge in [-0.3, -0.25) is 0 Å². The minimum atomic E-state index is -0.634. The Balaban J connectivity index is 3.59. The molecule has 0 saturated heterocycles. The number of carboxylic acid groups (broad SMARTS) is 1. The molecule has 0 aromatic carbocycles. The van der Waals surface area contributed by atoms with E-state index >= 15 is 0 Å². The minimum absolute atomic E-state index is 0.374. The molecule has 0 aliphatic heterocycles. The fourth-order valence-corrected chi connectivity index (χ4v) is 2.97. The third-order valence-corrected chi connectivity index (χ3v) is 4.05. The first kappa shape index (κ1) is 13.0. The third kappa shape index (κ3) is 8.34. The van der Waals surface area contributed by atoms with Crippen molar-refractivity contribution in [1.29, 1.82) is 0 Å². The van der Waals surface area contributed by atoms with Crippen LogP contribution in [-0.4, -0.2) is 11.1 Å². The molecule has 0 aliphatic rings. The predicted octanol–water partition coefficient (Wildman–Crippen LogP) is 3.21. The summed E-state index contributed by atoms with van der Waals surface area (Å²) in [5.41, 5.74) is 0. The zero-order chi connectivity index (χ0) is 10.1. The monoisotopic (exact) mass is 224 g/mol. The van der Waals surface area contributed by atoms with Crippen LogP contribution in [-0.2, 0) is 20.0 Å². The summed E-state index contributed by atoms with van der Waals surface area (Å²) in [6, 6.07) is 0. The Labute approximate surface area is 87.4 Å². The topological polar surface area (TPSA) is 37.3 Å². The van der Waals surface area contributed by atoms with Gasteiger partial charge in [0.25, 0.3) is 0 Å². The van der Waals surface area contributed by atoms with Crippen LogP contribution < -0.4 is 0 Å². The predicted molar refractivity (Wildman–Crippen MR) is 50.6 cm³/mol. The van der Waals surface area contributed by atoms with Gasteiger partial charge in [0.1, 0.15) is 0 Å². The van der Waals surface area contributed by atoms with Gasteiger partial charge in [-0.05, 0) is 0 Å². The van der Waals surface area contributed by atoms with Crippen molar-refractivity contribution in [3.63, 3.8) is 0 Å². The van der Waals surface area contributed by atoms with Crippen molar-refractivity contribution < 1.29 is 25.1 Å². The molecule has 0 aliphatic carbocycles. The van der Waals surface area contributed by atoms with Gasteiger partial charge in [0.2, 0.25) is 0 Å². The Morgan fingerprint density at radius 1 is 1.38 bits per heavy atom. The Bertz CT molecular complexity index is 137. The molecule has 3 heteroatoms. The third-order valence-electron chi connectivity index (χ3n) is 1.86. The molecule has 0 amide bonds. The van der Waals surface area contributed by atoms with Crippen molar-refractivity contribution in [2.75, 3.05) is 0 Å². The standard InChI is InChI=1S/C7H13O2.C3H7.Cr/c1-3-4-6(2)5-7(8)9;1-3-2;/h6H,2-5H2,1H3,(H,8,9);1,3H2,2H3;. The van der Waals surface area contributed by atoms with Crippen molar-refractivity contribution in [1.82, 2.24) is 0 Å². The molecular weight excluding hydrogens is 204 g/mol. The van der Waals surface area contributed by atoms with E-state index in [0.717, 1.165) is 18.1 Å². The first-order valence-electron chi connectivity index (χ1n) is 5.00. The molecular formula is C10H20CrO2. The van der Waals surface area contributed by atoms with Crippen LogP contribution in [0.15, 0.2) is 0 Å². The van der Waals surface area contributed by atoms with E-state index in [-0.39, 0.29) is 0 Å². The summed E-state index contributed by atoms with van der Waals surface area (Å²) in [5.74, 6) is -0.195. The Morgan fingerprint density at radius 3 is 2.54 bits per heavy atom. The van der Waals surface area contributed by atoms with Gasteiger partial charge in [0.05, 0.1) is 0 Å². The maximum absolute atomic E-state index is 10.5. The molecule has 78 valence electrons. The molecule has 0 aromatic rings. The van der Waals surface area contributed by atoms with Gasteiger partial charge in [0.15, 0.2) is 0 Å². The Morgan fingerprint density at radius 2 is 2.08 bits per heavy atom. The molecule has 2 nitrogen and oxygen atoms in total. The molecule has 1 N–H and O–H groups in total. The second kappa shape index (κ2) is 8.59. The van der Waals surface area contributed by atoms with Crippen molar-refractivity contribution in [2.24, 2.45) is 5.92 Å². The van der Waals surface area contributed by atoms with Gasteiger partial charge in [-0.2, -0.15) is 0 Å². The first-order valence-corrected chi connectivity index (χ1v) is 6.80. The molecule has 0 aromatic heterocycles. The van der Waals surface area contributed by atoms with Crippen LogP contribution in [0, 0.1) is 5.92 Å². The van der Waals surface area contributed by atoms with Gasteiger partial charge < -0.3 is 0 Å². The van der Waals surface area contributed by atoms with E-state index in [2.05, 4.69) is 13.8 Å². The van der Waals surface area contributed by atoms with E-state index < -0.39 is 5.97 Å². The average molecular weight is 224 g/mol. The summed E-state index contributed by atoms with van der Waals surface area (Å²) in [5, 5.41) is 11.1. The number of carboxylic acids is 1. The fraction of sp³-hybridized carbons (Fsp3) is 0.900. The summed E-state index contributed by atoms with van der Waals surface area (Å²) >= 11 is 0.671. The van der Waals surface area contributed by atoms with Crippen LogP contribution in [0.1, 0.15) is 39.5 Å². The van der Waals surface area contributed by atoms with E-state index in [4.69, 9.17) is 5.11 Å². The number of carbonyl (C=O) groups is 1. The van der Waals surface area contributed by atoms with E-state index in [9.17, 15) is 4.79 Å². The Hall–Kier alpha value is 0.00247. The van der Waals surface area contributed by atoms with Crippen LogP contribution in [0.3, 0.4) is 0 Å². The first-order chi connectivity index (χ1) is 6.20. The number of aliphatic carboxylic acids is 1. The van der Waals surface area contributed by atoms with Gasteiger partial charge in [-0.1, -0.05) is 0 Å². The fourth-order valence-electron chi connectivity index (χ4n) is 1.29. The SMILES string of the molecule is CC[CH2][Cr][CH2]C(CCC)CC(=O)O. The van der Waals surface area contributed by atoms with Gasteiger partial charge in [-0.15, -0.1) is 0 Å². The summed E-state index contributed by atoms with van der Waals surface area (Å²) in [4.78, 5) is 10.5. The second-order valence-corrected chi connectivity index (χ2v) is 5.12. The summed E-state index contributed by atoms with van der Waals surface area (Å²) in [7, 11) is 0. The van der Waals surface area contributed by atoms with Crippen LogP contribution in [0.25, 0.3) is 0 Å². The molecule has 0 fully saturated rings. The van der Waals surface area contributed by atoms with E-state index in [0.29, 0.717) is 27.6 Å². The molecule has 13 heavy (non-hydrogen) atoms. The van der Waals surface area contributed by atoms with Crippen LogP contribution in [0.4, 0.5) is 0 Å². The average Bonchev–Trinajstić information content (AvgIpc) is 2.04.